The maximum Gasteiger partial charge on any atom is 0.471 e. The average molecular weight is 468 g/mol. The molecule has 6 nitrogen and oxygen atoms in total. The Balaban J connectivity index is 1.49. The number of halogens is 3. The molecule has 10 heteroatoms. The van der Waals surface area contributed by atoms with Crippen molar-refractivity contribution < 1.29 is 26.4 Å². The molecule has 0 unspecified atom stereocenters. The van der Waals surface area contributed by atoms with E-state index < -0.39 is 22.1 Å². The Morgan fingerprint density at radius 3 is 2.25 bits per heavy atom. The van der Waals surface area contributed by atoms with Gasteiger partial charge in [-0.15, -0.1) is 0 Å². The molecule has 2 aliphatic rings. The number of benzene rings is 2. The van der Waals surface area contributed by atoms with E-state index in [-0.39, 0.29) is 24.4 Å². The highest BCUT2D eigenvalue weighted by atomic mass is 32.2. The van der Waals surface area contributed by atoms with Crippen LogP contribution in [0.5, 0.6) is 0 Å². The monoisotopic (exact) mass is 467 g/mol. The quantitative estimate of drug-likeness (QED) is 0.740. The second kappa shape index (κ2) is 8.65. The van der Waals surface area contributed by atoms with E-state index in [2.05, 4.69) is 9.62 Å². The van der Waals surface area contributed by atoms with Crippen LogP contribution in [0.15, 0.2) is 47.4 Å². The Hall–Kier alpha value is -2.75. The Morgan fingerprint density at radius 2 is 1.59 bits per heavy atom. The summed E-state index contributed by atoms with van der Waals surface area (Å²) < 4.78 is 66.6. The molecule has 0 saturated carbocycles. The number of hydrogen-bond donors (Lipinski definition) is 1. The standard InChI is InChI=1S/C22H24F3N3O3S/c23-22(24,25)21(29)28-13-10-16-4-9-20(14-17(16)15-28)32(30,31)26-18-5-7-19(8-6-18)27-11-2-1-3-12-27/h4-9,14,26H,1-3,10-13,15H2. The van der Waals surface area contributed by atoms with E-state index in [1.54, 1.807) is 18.2 Å². The normalized spacial score (nSPS) is 17.1. The summed E-state index contributed by atoms with van der Waals surface area (Å²) in [5, 5.41) is 0. The van der Waals surface area contributed by atoms with E-state index in [0.29, 0.717) is 16.2 Å². The number of amides is 1. The lowest BCUT2D eigenvalue weighted by Gasteiger charge is -2.29. The molecule has 2 aromatic carbocycles. The van der Waals surface area contributed by atoms with Gasteiger partial charge in [0.05, 0.1) is 4.90 Å². The van der Waals surface area contributed by atoms with Crippen LogP contribution in [0.4, 0.5) is 24.5 Å². The van der Waals surface area contributed by atoms with Crippen LogP contribution in [0, 0.1) is 0 Å². The van der Waals surface area contributed by atoms with Crippen LogP contribution in [-0.4, -0.2) is 45.0 Å². The predicted octanol–water partition coefficient (Wildman–Crippen LogP) is 3.92. The highest BCUT2D eigenvalue weighted by Gasteiger charge is 2.43. The molecular weight excluding hydrogens is 443 g/mol. The van der Waals surface area contributed by atoms with Crippen molar-refractivity contribution in [2.75, 3.05) is 29.3 Å². The summed E-state index contributed by atoms with van der Waals surface area (Å²) in [7, 11) is -3.94. The fourth-order valence-electron chi connectivity index (χ4n) is 4.16. The molecule has 1 amide bonds. The highest BCUT2D eigenvalue weighted by molar-refractivity contribution is 7.92. The molecular formula is C22H24F3N3O3S. The lowest BCUT2D eigenvalue weighted by molar-refractivity contribution is -0.186. The van der Waals surface area contributed by atoms with Crippen molar-refractivity contribution in [3.8, 4) is 0 Å². The summed E-state index contributed by atoms with van der Waals surface area (Å²) >= 11 is 0. The van der Waals surface area contributed by atoms with Gasteiger partial charge in [0.1, 0.15) is 0 Å². The minimum atomic E-state index is -4.96. The summed E-state index contributed by atoms with van der Waals surface area (Å²) in [5.41, 5.74) is 2.58. The van der Waals surface area contributed by atoms with Gasteiger partial charge in [-0.3, -0.25) is 9.52 Å². The third-order valence-corrected chi connectivity index (χ3v) is 7.25. The van der Waals surface area contributed by atoms with Gasteiger partial charge in [0.2, 0.25) is 0 Å². The number of carbonyl (C=O) groups is 1. The Kier molecular flexibility index (Phi) is 6.07. The second-order valence-corrected chi connectivity index (χ2v) is 9.79. The Labute approximate surface area is 185 Å². The van der Waals surface area contributed by atoms with Crippen molar-refractivity contribution in [1.82, 2.24) is 4.90 Å². The van der Waals surface area contributed by atoms with E-state index in [0.717, 1.165) is 37.2 Å². The van der Waals surface area contributed by atoms with Crippen molar-refractivity contribution in [2.24, 2.45) is 0 Å². The van der Waals surface area contributed by atoms with Gasteiger partial charge < -0.3 is 9.80 Å². The second-order valence-electron chi connectivity index (χ2n) is 8.11. The van der Waals surface area contributed by atoms with Gasteiger partial charge in [-0.1, -0.05) is 6.07 Å². The maximum absolute atomic E-state index is 12.9. The van der Waals surface area contributed by atoms with Gasteiger partial charge in [-0.05, 0) is 73.2 Å². The number of hydrogen-bond acceptors (Lipinski definition) is 4. The van der Waals surface area contributed by atoms with Crippen molar-refractivity contribution in [1.29, 1.82) is 0 Å². The number of carbonyl (C=O) groups excluding carboxylic acids is 1. The number of rotatable bonds is 4. The number of fused-ring (bicyclic) bond motifs is 1. The zero-order valence-electron chi connectivity index (χ0n) is 17.4. The van der Waals surface area contributed by atoms with Gasteiger partial charge >= 0.3 is 12.1 Å². The van der Waals surface area contributed by atoms with Gasteiger partial charge in [-0.25, -0.2) is 8.42 Å². The molecule has 0 spiro atoms. The van der Waals surface area contributed by atoms with Crippen LogP contribution in [0.25, 0.3) is 0 Å². The molecule has 0 aliphatic carbocycles. The topological polar surface area (TPSA) is 69.7 Å². The van der Waals surface area contributed by atoms with E-state index in [9.17, 15) is 26.4 Å². The molecule has 0 radical (unpaired) electrons. The first-order chi connectivity index (χ1) is 15.1. The van der Waals surface area contributed by atoms with Crippen LogP contribution in [0.1, 0.15) is 30.4 Å². The minimum Gasteiger partial charge on any atom is -0.372 e. The predicted molar refractivity (Wildman–Crippen MR) is 115 cm³/mol. The summed E-state index contributed by atoms with van der Waals surface area (Å²) in [6.45, 7) is 1.63. The number of alkyl halides is 3. The third kappa shape index (κ3) is 4.85. The van der Waals surface area contributed by atoms with Crippen LogP contribution in [-0.2, 0) is 27.8 Å². The number of piperidine rings is 1. The number of anilines is 2. The van der Waals surface area contributed by atoms with Crippen LogP contribution >= 0.6 is 0 Å². The van der Waals surface area contributed by atoms with Crippen LogP contribution in [0.3, 0.4) is 0 Å². The molecule has 0 aromatic heterocycles. The van der Waals surface area contributed by atoms with Crippen molar-refractivity contribution >= 4 is 27.3 Å². The fourth-order valence-corrected chi connectivity index (χ4v) is 5.27. The number of nitrogens with zero attached hydrogens (tertiary/aromatic N) is 2. The lowest BCUT2D eigenvalue weighted by atomic mass is 10.00. The molecule has 32 heavy (non-hydrogen) atoms. The first-order valence-electron chi connectivity index (χ1n) is 10.5. The van der Waals surface area contributed by atoms with E-state index in [1.165, 1.54) is 18.6 Å². The maximum atomic E-state index is 12.9. The van der Waals surface area contributed by atoms with E-state index >= 15 is 0 Å². The summed E-state index contributed by atoms with van der Waals surface area (Å²) in [4.78, 5) is 14.5. The Bertz CT molecular complexity index is 1100. The van der Waals surface area contributed by atoms with Crippen molar-refractivity contribution in [3.05, 3.63) is 53.6 Å². The molecule has 4 rings (SSSR count). The molecule has 0 bridgehead atoms. The van der Waals surface area contributed by atoms with Crippen molar-refractivity contribution in [3.63, 3.8) is 0 Å². The number of sulfonamides is 1. The smallest absolute Gasteiger partial charge is 0.372 e. The number of nitrogens with one attached hydrogen (secondary N) is 1. The zero-order valence-corrected chi connectivity index (χ0v) is 18.2. The first kappa shape index (κ1) is 22.4. The molecule has 1 fully saturated rings. The Morgan fingerprint density at radius 1 is 0.906 bits per heavy atom. The summed E-state index contributed by atoms with van der Waals surface area (Å²) in [5.74, 6) is -1.91. The molecule has 1 N–H and O–H groups in total. The third-order valence-electron chi connectivity index (χ3n) is 5.87. The first-order valence-corrected chi connectivity index (χ1v) is 12.0. The van der Waals surface area contributed by atoms with Gasteiger partial charge in [0.25, 0.3) is 10.0 Å². The zero-order chi connectivity index (χ0) is 22.9. The minimum absolute atomic E-state index is 0.0565. The molecule has 1 saturated heterocycles. The van der Waals surface area contributed by atoms with E-state index in [4.69, 9.17) is 0 Å². The lowest BCUT2D eigenvalue weighted by Crippen LogP contribution is -2.43. The molecule has 0 atom stereocenters. The molecule has 172 valence electrons. The van der Waals surface area contributed by atoms with E-state index in [1.807, 2.05) is 12.1 Å². The largest absolute Gasteiger partial charge is 0.471 e. The summed E-state index contributed by atoms with van der Waals surface area (Å²) in [6, 6.07) is 11.5. The summed E-state index contributed by atoms with van der Waals surface area (Å²) in [6.07, 6.45) is -1.22. The van der Waals surface area contributed by atoms with Crippen LogP contribution < -0.4 is 9.62 Å². The molecule has 2 aliphatic heterocycles. The van der Waals surface area contributed by atoms with Gasteiger partial charge in [0.15, 0.2) is 0 Å². The fraction of sp³-hybridized carbons (Fsp3) is 0.409. The highest BCUT2D eigenvalue weighted by Crippen LogP contribution is 2.28. The van der Waals surface area contributed by atoms with Gasteiger partial charge in [0, 0.05) is 37.6 Å². The van der Waals surface area contributed by atoms with Crippen molar-refractivity contribution in [2.45, 2.75) is 43.3 Å². The molecule has 2 aromatic rings. The van der Waals surface area contributed by atoms with Crippen LogP contribution in [0.2, 0.25) is 0 Å². The molecule has 2 heterocycles. The van der Waals surface area contributed by atoms with Gasteiger partial charge in [-0.2, -0.15) is 13.2 Å². The average Bonchev–Trinajstić information content (AvgIpc) is 2.78. The SMILES string of the molecule is O=C(N1CCc2ccc(S(=O)(=O)Nc3ccc(N4CCCCC4)cc3)cc2C1)C(F)(F)F.